The first-order valence-corrected chi connectivity index (χ1v) is 8.02. The number of nitrogens with two attached hydrogens (primary N) is 1. The quantitative estimate of drug-likeness (QED) is 0.389. The van der Waals surface area contributed by atoms with E-state index >= 15 is 0 Å². The number of amides is 1. The summed E-state index contributed by atoms with van der Waals surface area (Å²) in [6, 6.07) is 5.97. The molecule has 0 unspecified atom stereocenters. The lowest BCUT2D eigenvalue weighted by Crippen LogP contribution is -2.19. The van der Waals surface area contributed by atoms with E-state index in [0.29, 0.717) is 23.3 Å². The number of nitriles is 1. The van der Waals surface area contributed by atoms with Gasteiger partial charge in [-0.25, -0.2) is 19.2 Å². The van der Waals surface area contributed by atoms with Gasteiger partial charge in [0.25, 0.3) is 0 Å². The number of aromatic amines is 1. The molecule has 1 saturated carbocycles. The average molecular weight is 369 g/mol. The van der Waals surface area contributed by atoms with Crippen LogP contribution in [0.1, 0.15) is 24.4 Å². The van der Waals surface area contributed by atoms with Gasteiger partial charge in [0.15, 0.2) is 5.82 Å². The number of anilines is 1. The monoisotopic (exact) mass is 369 g/mol. The second kappa shape index (κ2) is 7.57. The van der Waals surface area contributed by atoms with Crippen LogP contribution in [-0.2, 0) is 0 Å². The molecule has 1 aromatic carbocycles. The van der Waals surface area contributed by atoms with Crippen LogP contribution in [0.5, 0.6) is 0 Å². The molecule has 0 radical (unpaired) electrons. The minimum absolute atomic E-state index is 0.0981. The molecule has 0 aliphatic heterocycles. The van der Waals surface area contributed by atoms with Crippen LogP contribution in [0.3, 0.4) is 0 Å². The number of aliphatic imine (C=N–C) groups is 1. The van der Waals surface area contributed by atoms with Crippen molar-refractivity contribution in [3.05, 3.63) is 47.8 Å². The number of rotatable bonds is 6. The number of benzene rings is 1. The van der Waals surface area contributed by atoms with Crippen LogP contribution in [0, 0.1) is 17.1 Å². The van der Waals surface area contributed by atoms with Crippen molar-refractivity contribution in [3.8, 4) is 6.07 Å². The molecular weight excluding hydrogens is 353 g/mol. The lowest BCUT2D eigenvalue weighted by atomic mass is 10.2. The Bertz CT molecular complexity index is 970. The fraction of sp³-hybridized carbons (Fsp3) is 0.176. The van der Waals surface area contributed by atoms with Gasteiger partial charge in [-0.15, -0.1) is 0 Å². The second-order valence-corrected chi connectivity index (χ2v) is 5.86. The van der Waals surface area contributed by atoms with Crippen molar-refractivity contribution < 1.29 is 14.3 Å². The Morgan fingerprint density at radius 2 is 2.30 bits per heavy atom. The fourth-order valence-corrected chi connectivity index (χ4v) is 2.26. The number of hydrogen-bond acceptors (Lipinski definition) is 5. The first-order chi connectivity index (χ1) is 12.9. The van der Waals surface area contributed by atoms with E-state index in [1.54, 1.807) is 6.08 Å². The summed E-state index contributed by atoms with van der Waals surface area (Å²) in [6.45, 7) is 0. The summed E-state index contributed by atoms with van der Waals surface area (Å²) < 4.78 is 13.6. The number of aromatic nitrogens is 2. The molecule has 0 bridgehead atoms. The van der Waals surface area contributed by atoms with E-state index in [0.717, 1.165) is 18.9 Å². The smallest absolute Gasteiger partial charge is 0.409 e. The number of carbonyl (C=O) groups is 1. The van der Waals surface area contributed by atoms with Gasteiger partial charge >= 0.3 is 6.09 Å². The molecule has 138 valence electrons. The third-order valence-corrected chi connectivity index (χ3v) is 3.63. The molecule has 0 atom stereocenters. The van der Waals surface area contributed by atoms with Crippen LogP contribution in [0.25, 0.3) is 5.70 Å². The van der Waals surface area contributed by atoms with Crippen molar-refractivity contribution >= 4 is 29.0 Å². The molecule has 1 fully saturated rings. The van der Waals surface area contributed by atoms with Gasteiger partial charge in [-0.05, 0) is 31.0 Å². The van der Waals surface area contributed by atoms with E-state index in [4.69, 9.17) is 16.1 Å². The van der Waals surface area contributed by atoms with E-state index in [9.17, 15) is 9.18 Å². The zero-order valence-electron chi connectivity index (χ0n) is 14.0. The van der Waals surface area contributed by atoms with Crippen LogP contribution in [0.2, 0.25) is 0 Å². The first kappa shape index (κ1) is 17.9. The Labute approximate surface area is 153 Å². The van der Waals surface area contributed by atoms with Crippen LogP contribution in [0.15, 0.2) is 35.5 Å². The molecule has 2 aromatic rings. The molecule has 3 rings (SSSR count). The molecule has 10 heteroatoms. The molecule has 6 N–H and O–H groups in total. The number of amidine groups is 1. The highest BCUT2D eigenvalue weighted by Gasteiger charge is 2.23. The summed E-state index contributed by atoms with van der Waals surface area (Å²) >= 11 is 0. The van der Waals surface area contributed by atoms with Crippen LogP contribution in [0.4, 0.5) is 20.6 Å². The minimum Gasteiger partial charge on any atom is -0.465 e. The zero-order valence-corrected chi connectivity index (χ0v) is 14.0. The molecule has 9 nitrogen and oxygen atoms in total. The molecule has 1 heterocycles. The number of nitrogens with zero attached hydrogens (tertiary/aromatic N) is 3. The summed E-state index contributed by atoms with van der Waals surface area (Å²) in [7, 11) is 0. The number of H-pyrrole nitrogens is 1. The van der Waals surface area contributed by atoms with Crippen molar-refractivity contribution in [1.82, 2.24) is 15.3 Å². The molecule has 1 amide bonds. The third kappa shape index (κ3) is 4.82. The zero-order chi connectivity index (χ0) is 19.4. The summed E-state index contributed by atoms with van der Waals surface area (Å²) in [4.78, 5) is 21.9. The van der Waals surface area contributed by atoms with Crippen LogP contribution in [-0.4, -0.2) is 33.0 Å². The molecule has 1 aromatic heterocycles. The molecule has 27 heavy (non-hydrogen) atoms. The lowest BCUT2D eigenvalue weighted by Gasteiger charge is -2.08. The van der Waals surface area contributed by atoms with E-state index < -0.39 is 11.9 Å². The van der Waals surface area contributed by atoms with Crippen molar-refractivity contribution in [2.75, 3.05) is 5.32 Å². The van der Waals surface area contributed by atoms with E-state index in [1.165, 1.54) is 18.3 Å². The van der Waals surface area contributed by atoms with E-state index in [2.05, 4.69) is 20.3 Å². The summed E-state index contributed by atoms with van der Waals surface area (Å²) in [5.41, 5.74) is 6.91. The Morgan fingerprint density at radius 3 is 2.93 bits per heavy atom. The van der Waals surface area contributed by atoms with Gasteiger partial charge < -0.3 is 21.1 Å². The lowest BCUT2D eigenvalue weighted by molar-refractivity contribution is 0.209. The van der Waals surface area contributed by atoms with Crippen molar-refractivity contribution in [3.63, 3.8) is 0 Å². The van der Waals surface area contributed by atoms with E-state index in [1.807, 2.05) is 11.4 Å². The number of imidazole rings is 1. The predicted octanol–water partition coefficient (Wildman–Crippen LogP) is 2.29. The third-order valence-electron chi connectivity index (χ3n) is 3.63. The summed E-state index contributed by atoms with van der Waals surface area (Å²) in [5.74, 6) is -0.175. The Kier molecular flexibility index (Phi) is 5.03. The number of nitrogens with one attached hydrogen (secondary N) is 3. The number of hydrogen-bond donors (Lipinski definition) is 5. The van der Waals surface area contributed by atoms with Crippen molar-refractivity contribution in [1.29, 1.82) is 5.26 Å². The predicted molar refractivity (Wildman–Crippen MR) is 96.8 cm³/mol. The molecule has 0 saturated heterocycles. The maximum atomic E-state index is 13.6. The highest BCUT2D eigenvalue weighted by molar-refractivity contribution is 5.99. The van der Waals surface area contributed by atoms with Gasteiger partial charge in [0.1, 0.15) is 23.4 Å². The first-order valence-electron chi connectivity index (χ1n) is 8.02. The second-order valence-electron chi connectivity index (χ2n) is 5.86. The maximum Gasteiger partial charge on any atom is 0.409 e. The standard InChI is InChI=1S/C17H16FN7O2/c18-12-4-3-10(5-13(12)25-17(26)27)23-15(20)6-14(22-9-1-2-9)16-21-8-11(7-19)24-16/h3-6,8-9,22,25H,1-2H2,(H2,20,23)(H,21,24)(H,26,27)/b14-6+. The Balaban J connectivity index is 1.88. The molecule has 1 aliphatic carbocycles. The minimum atomic E-state index is -1.38. The molecular formula is C17H16FN7O2. The van der Waals surface area contributed by atoms with Gasteiger partial charge in [-0.2, -0.15) is 5.26 Å². The highest BCUT2D eigenvalue weighted by Crippen LogP contribution is 2.24. The van der Waals surface area contributed by atoms with Crippen LogP contribution < -0.4 is 16.4 Å². The summed E-state index contributed by atoms with van der Waals surface area (Å²) in [6.07, 6.45) is 3.61. The molecule has 0 spiro atoms. The highest BCUT2D eigenvalue weighted by atomic mass is 19.1. The van der Waals surface area contributed by atoms with Gasteiger partial charge in [-0.1, -0.05) is 0 Å². The number of halogens is 1. The SMILES string of the molecule is N#Cc1cnc(/C(=C\C(N)=Nc2ccc(F)c(NC(=O)O)c2)NC2CC2)[nH]1. The normalized spacial score (nSPS) is 14.5. The summed E-state index contributed by atoms with van der Waals surface area (Å²) in [5, 5.41) is 22.9. The Hall–Kier alpha value is -3.87. The van der Waals surface area contributed by atoms with Gasteiger partial charge in [0.05, 0.1) is 23.3 Å². The molecule has 1 aliphatic rings. The largest absolute Gasteiger partial charge is 0.465 e. The van der Waals surface area contributed by atoms with Gasteiger partial charge in [0.2, 0.25) is 0 Å². The van der Waals surface area contributed by atoms with E-state index in [-0.39, 0.29) is 17.2 Å². The Morgan fingerprint density at radius 1 is 1.52 bits per heavy atom. The fourth-order valence-electron chi connectivity index (χ4n) is 2.26. The maximum absolute atomic E-state index is 13.6. The van der Waals surface area contributed by atoms with Gasteiger partial charge in [0, 0.05) is 12.1 Å². The van der Waals surface area contributed by atoms with Crippen molar-refractivity contribution in [2.45, 2.75) is 18.9 Å². The average Bonchev–Trinajstić information content (AvgIpc) is 3.30. The van der Waals surface area contributed by atoms with Gasteiger partial charge in [-0.3, -0.25) is 5.32 Å². The van der Waals surface area contributed by atoms with Crippen molar-refractivity contribution in [2.24, 2.45) is 10.7 Å². The number of carboxylic acid groups (broad SMARTS) is 1. The topological polar surface area (TPSA) is 152 Å². The van der Waals surface area contributed by atoms with Crippen LogP contribution >= 0.6 is 0 Å².